The lowest BCUT2D eigenvalue weighted by Gasteiger charge is -2.33. The van der Waals surface area contributed by atoms with Gasteiger partial charge < -0.3 is 14.4 Å². The number of benzene rings is 10. The first kappa shape index (κ1) is 36.3. The normalized spacial score (nSPS) is 14.3. The fourth-order valence-corrected chi connectivity index (χ4v) is 11.0. The van der Waals surface area contributed by atoms with Gasteiger partial charge >= 0.3 is 0 Å². The van der Waals surface area contributed by atoms with Gasteiger partial charge in [-0.1, -0.05) is 158 Å². The van der Waals surface area contributed by atoms with E-state index in [2.05, 4.69) is 263 Å². The summed E-state index contributed by atoms with van der Waals surface area (Å²) in [6.45, 7) is 0. The first-order valence-electron chi connectivity index (χ1n) is 22.1. The van der Waals surface area contributed by atoms with Crippen molar-refractivity contribution in [2.75, 3.05) is 9.80 Å². The van der Waals surface area contributed by atoms with Crippen molar-refractivity contribution in [3.05, 3.63) is 271 Å². The molecule has 300 valence electrons. The maximum atomic E-state index is 2.51. The number of nitrogens with zero attached hydrogens (tertiary/aromatic N) is 3. The Hall–Kier alpha value is -8.40. The molecular formula is C61H41N3. The van der Waals surface area contributed by atoms with Crippen LogP contribution in [0.25, 0.3) is 49.7 Å². The van der Waals surface area contributed by atoms with E-state index in [0.717, 1.165) is 39.8 Å². The summed E-state index contributed by atoms with van der Waals surface area (Å²) in [6, 6.07) is 91.3. The van der Waals surface area contributed by atoms with Gasteiger partial charge in [-0.2, -0.15) is 0 Å². The highest BCUT2D eigenvalue weighted by Crippen LogP contribution is 2.65. The zero-order valence-electron chi connectivity index (χ0n) is 35.0. The third-order valence-corrected chi connectivity index (χ3v) is 13.5. The smallest absolute Gasteiger partial charge is 0.0727 e. The minimum Gasteiger partial charge on any atom is -0.310 e. The van der Waals surface area contributed by atoms with Crippen molar-refractivity contribution < 1.29 is 0 Å². The second-order valence-electron chi connectivity index (χ2n) is 16.8. The number of hydrogen-bond acceptors (Lipinski definition) is 2. The van der Waals surface area contributed by atoms with Gasteiger partial charge in [0.25, 0.3) is 0 Å². The van der Waals surface area contributed by atoms with E-state index in [1.807, 2.05) is 0 Å². The van der Waals surface area contributed by atoms with E-state index in [-0.39, 0.29) is 0 Å². The SMILES string of the molecule is c1ccc(N(c2ccccc2)c2ccc3c(c2)C2(c4ccccc4-3)c3cc(N(c4ccccc4)c4ccccc4)ccc3-c3c2ccc2c4ccccc4n(-c4ccccc4)c32)cc1. The number of para-hydroxylation sites is 6. The monoisotopic (exact) mass is 815 g/mol. The van der Waals surface area contributed by atoms with Crippen LogP contribution in [0, 0.1) is 0 Å². The van der Waals surface area contributed by atoms with Gasteiger partial charge in [0, 0.05) is 56.1 Å². The van der Waals surface area contributed by atoms with E-state index in [1.165, 1.54) is 66.3 Å². The molecule has 3 heteroatoms. The Morgan fingerprint density at radius 1 is 0.297 bits per heavy atom. The number of rotatable bonds is 7. The molecule has 0 amide bonds. The highest BCUT2D eigenvalue weighted by atomic mass is 15.1. The van der Waals surface area contributed by atoms with Crippen LogP contribution < -0.4 is 9.80 Å². The minimum absolute atomic E-state index is 0.646. The molecule has 1 atom stereocenters. The number of aromatic nitrogens is 1. The van der Waals surface area contributed by atoms with Gasteiger partial charge in [0.1, 0.15) is 0 Å². The summed E-state index contributed by atoms with van der Waals surface area (Å²) < 4.78 is 2.51. The van der Waals surface area contributed by atoms with E-state index in [1.54, 1.807) is 0 Å². The largest absolute Gasteiger partial charge is 0.310 e. The zero-order chi connectivity index (χ0) is 42.2. The van der Waals surface area contributed by atoms with Crippen molar-refractivity contribution in [3.8, 4) is 27.9 Å². The Labute approximate surface area is 373 Å². The topological polar surface area (TPSA) is 11.4 Å². The second-order valence-corrected chi connectivity index (χ2v) is 16.8. The van der Waals surface area contributed by atoms with Gasteiger partial charge in [-0.05, 0) is 130 Å². The molecule has 0 saturated heterocycles. The molecular weight excluding hydrogens is 775 g/mol. The number of hydrogen-bond donors (Lipinski definition) is 0. The fraction of sp³-hybridized carbons (Fsp3) is 0.0164. The fourth-order valence-electron chi connectivity index (χ4n) is 11.0. The van der Waals surface area contributed by atoms with Gasteiger partial charge in [-0.15, -0.1) is 0 Å². The van der Waals surface area contributed by atoms with E-state index in [0.29, 0.717) is 0 Å². The molecule has 2 aliphatic rings. The quantitative estimate of drug-likeness (QED) is 0.159. The average Bonchev–Trinajstić information content (AvgIpc) is 3.97. The minimum atomic E-state index is -0.646. The molecule has 1 heterocycles. The van der Waals surface area contributed by atoms with Crippen LogP contribution in [-0.4, -0.2) is 4.57 Å². The summed E-state index contributed by atoms with van der Waals surface area (Å²) >= 11 is 0. The van der Waals surface area contributed by atoms with Crippen LogP contribution in [0.4, 0.5) is 34.1 Å². The third kappa shape index (κ3) is 5.22. The molecule has 0 fully saturated rings. The Balaban J connectivity index is 1.17. The highest BCUT2D eigenvalue weighted by molar-refractivity contribution is 6.17. The van der Waals surface area contributed by atoms with Gasteiger partial charge in [0.15, 0.2) is 0 Å². The average molecular weight is 816 g/mol. The van der Waals surface area contributed by atoms with E-state index < -0.39 is 5.41 Å². The van der Waals surface area contributed by atoms with Crippen molar-refractivity contribution in [1.29, 1.82) is 0 Å². The molecule has 64 heavy (non-hydrogen) atoms. The summed E-state index contributed by atoms with van der Waals surface area (Å²) in [5.74, 6) is 0. The summed E-state index contributed by atoms with van der Waals surface area (Å²) in [7, 11) is 0. The van der Waals surface area contributed by atoms with Crippen LogP contribution in [0.5, 0.6) is 0 Å². The molecule has 1 spiro atoms. The Bertz CT molecular complexity index is 3470. The van der Waals surface area contributed by atoms with Crippen LogP contribution in [0.1, 0.15) is 22.3 Å². The maximum absolute atomic E-state index is 2.51. The highest BCUT2D eigenvalue weighted by Gasteiger charge is 2.53. The molecule has 11 aromatic rings. The van der Waals surface area contributed by atoms with E-state index >= 15 is 0 Å². The summed E-state index contributed by atoms with van der Waals surface area (Å²) in [5.41, 5.74) is 19.8. The van der Waals surface area contributed by atoms with Crippen molar-refractivity contribution in [3.63, 3.8) is 0 Å². The molecule has 1 unspecified atom stereocenters. The molecule has 2 aliphatic carbocycles. The molecule has 1 aromatic heterocycles. The predicted octanol–water partition coefficient (Wildman–Crippen LogP) is 16.1. The Morgan fingerprint density at radius 3 is 1.33 bits per heavy atom. The van der Waals surface area contributed by atoms with Crippen molar-refractivity contribution >= 4 is 55.9 Å². The van der Waals surface area contributed by atoms with Crippen LogP contribution in [-0.2, 0) is 5.41 Å². The van der Waals surface area contributed by atoms with Crippen molar-refractivity contribution in [2.45, 2.75) is 5.41 Å². The van der Waals surface area contributed by atoms with Crippen LogP contribution in [0.15, 0.2) is 249 Å². The standard InChI is InChI=1S/C61H41N3/c1-6-20-42(21-7-1)62(43-22-8-2-9-23-43)47-34-36-50-49-30-16-18-32-54(49)61(56(50)40-47)55-39-38-52-51-31-17-19-33-58(51)64(46-28-14-5-15-29-46)60(52)59(55)53-37-35-48(41-57(53)61)63(44-24-10-3-11-25-44)45-26-12-4-13-27-45/h1-41H. The molecule has 3 nitrogen and oxygen atoms in total. The summed E-state index contributed by atoms with van der Waals surface area (Å²) in [4.78, 5) is 4.80. The van der Waals surface area contributed by atoms with E-state index in [9.17, 15) is 0 Å². The molecule has 13 rings (SSSR count). The lowest BCUT2D eigenvalue weighted by molar-refractivity contribution is 0.794. The Kier molecular flexibility index (Phi) is 8.13. The molecule has 0 radical (unpaired) electrons. The first-order chi connectivity index (χ1) is 31.8. The van der Waals surface area contributed by atoms with Crippen LogP contribution >= 0.6 is 0 Å². The Morgan fingerprint density at radius 2 is 0.750 bits per heavy atom. The third-order valence-electron chi connectivity index (χ3n) is 13.5. The summed E-state index contributed by atoms with van der Waals surface area (Å²) in [5, 5.41) is 2.50. The van der Waals surface area contributed by atoms with Crippen molar-refractivity contribution in [2.24, 2.45) is 0 Å². The second kappa shape index (κ2) is 14.3. The lowest BCUT2D eigenvalue weighted by atomic mass is 9.70. The van der Waals surface area contributed by atoms with E-state index in [4.69, 9.17) is 0 Å². The maximum Gasteiger partial charge on any atom is 0.0727 e. The van der Waals surface area contributed by atoms with Gasteiger partial charge in [-0.3, -0.25) is 0 Å². The van der Waals surface area contributed by atoms with Gasteiger partial charge in [-0.25, -0.2) is 0 Å². The number of fused-ring (bicyclic) bond motifs is 14. The molecule has 10 aromatic carbocycles. The first-order valence-corrected chi connectivity index (χ1v) is 22.1. The molecule has 0 saturated carbocycles. The van der Waals surface area contributed by atoms with Gasteiger partial charge in [0.2, 0.25) is 0 Å². The van der Waals surface area contributed by atoms with Crippen LogP contribution in [0.3, 0.4) is 0 Å². The molecule has 0 N–H and O–H groups in total. The zero-order valence-corrected chi connectivity index (χ0v) is 35.0. The molecule has 0 bridgehead atoms. The van der Waals surface area contributed by atoms with Crippen molar-refractivity contribution in [1.82, 2.24) is 4.57 Å². The molecule has 0 aliphatic heterocycles. The lowest BCUT2D eigenvalue weighted by Crippen LogP contribution is -2.26. The predicted molar refractivity (Wildman–Crippen MR) is 266 cm³/mol. The van der Waals surface area contributed by atoms with Gasteiger partial charge in [0.05, 0.1) is 16.4 Å². The number of anilines is 6. The summed E-state index contributed by atoms with van der Waals surface area (Å²) in [6.07, 6.45) is 0. The van der Waals surface area contributed by atoms with Crippen LogP contribution in [0.2, 0.25) is 0 Å².